The van der Waals surface area contributed by atoms with Gasteiger partial charge >= 0.3 is 6.03 Å². The fourth-order valence-electron chi connectivity index (χ4n) is 3.93. The van der Waals surface area contributed by atoms with Crippen LogP contribution >= 0.6 is 0 Å². The van der Waals surface area contributed by atoms with Gasteiger partial charge in [0.25, 0.3) is 0 Å². The first kappa shape index (κ1) is 18.3. The molecule has 0 unspecified atom stereocenters. The lowest BCUT2D eigenvalue weighted by atomic mass is 9.77. The van der Waals surface area contributed by atoms with E-state index >= 15 is 0 Å². The molecule has 1 atom stereocenters. The van der Waals surface area contributed by atoms with Crippen LogP contribution in [0, 0.1) is 24.2 Å². The lowest BCUT2D eigenvalue weighted by Gasteiger charge is -2.39. The molecule has 3 saturated carbocycles. The van der Waals surface area contributed by atoms with Crippen LogP contribution in [0.1, 0.15) is 49.8 Å². The second-order valence-corrected chi connectivity index (χ2v) is 7.48. The van der Waals surface area contributed by atoms with Crippen LogP contribution in [0.25, 0.3) is 0 Å². The van der Waals surface area contributed by atoms with Crippen molar-refractivity contribution in [2.45, 2.75) is 51.1 Å². The van der Waals surface area contributed by atoms with Crippen LogP contribution in [0.5, 0.6) is 0 Å². The van der Waals surface area contributed by atoms with Crippen molar-refractivity contribution in [3.05, 3.63) is 35.1 Å². The van der Waals surface area contributed by atoms with Crippen LogP contribution in [0.15, 0.2) is 23.4 Å². The van der Waals surface area contributed by atoms with Gasteiger partial charge in [0.1, 0.15) is 12.4 Å². The average molecular weight is 361 g/mol. The highest BCUT2D eigenvalue weighted by atomic mass is 19.1. The van der Waals surface area contributed by atoms with Gasteiger partial charge in [0.2, 0.25) is 5.91 Å². The molecule has 0 saturated heterocycles. The maximum absolute atomic E-state index is 13.7. The summed E-state index contributed by atoms with van der Waals surface area (Å²) in [4.78, 5) is 24.5. The molecule has 0 radical (unpaired) electrons. The van der Waals surface area contributed by atoms with Crippen molar-refractivity contribution in [2.24, 2.45) is 11.1 Å². The SMILES string of the molecule is Cc1ccc([C@H](C)NC(=O)CN(N=N)C(=O)NC23CCC(C2)C3)cc1F. The van der Waals surface area contributed by atoms with Crippen LogP contribution in [0.2, 0.25) is 0 Å². The molecule has 0 spiro atoms. The van der Waals surface area contributed by atoms with E-state index in [1.807, 2.05) is 0 Å². The Balaban J connectivity index is 1.54. The van der Waals surface area contributed by atoms with Crippen LogP contribution in [0.3, 0.4) is 0 Å². The Morgan fingerprint density at radius 3 is 2.77 bits per heavy atom. The second-order valence-electron chi connectivity index (χ2n) is 7.48. The number of hydrogen-bond donors (Lipinski definition) is 3. The number of halogens is 1. The summed E-state index contributed by atoms with van der Waals surface area (Å²) in [6.07, 6.45) is 3.99. The summed E-state index contributed by atoms with van der Waals surface area (Å²) in [7, 11) is 0. The van der Waals surface area contributed by atoms with Gasteiger partial charge in [-0.3, -0.25) is 4.79 Å². The summed E-state index contributed by atoms with van der Waals surface area (Å²) < 4.78 is 13.7. The van der Waals surface area contributed by atoms with E-state index in [1.165, 1.54) is 6.07 Å². The summed E-state index contributed by atoms with van der Waals surface area (Å²) >= 11 is 0. The molecule has 2 bridgehead atoms. The predicted molar refractivity (Wildman–Crippen MR) is 92.8 cm³/mol. The zero-order valence-corrected chi connectivity index (χ0v) is 15.0. The van der Waals surface area contributed by atoms with Crippen LogP contribution in [-0.2, 0) is 4.79 Å². The van der Waals surface area contributed by atoms with Crippen molar-refractivity contribution >= 4 is 11.9 Å². The Labute approximate surface area is 151 Å². The first-order chi connectivity index (χ1) is 12.3. The summed E-state index contributed by atoms with van der Waals surface area (Å²) in [5.41, 5.74) is 8.19. The molecule has 0 aromatic heterocycles. The van der Waals surface area contributed by atoms with E-state index in [-0.39, 0.29) is 17.9 Å². The molecule has 1 aromatic rings. The van der Waals surface area contributed by atoms with Crippen molar-refractivity contribution in [2.75, 3.05) is 6.54 Å². The lowest BCUT2D eigenvalue weighted by molar-refractivity contribution is -0.122. The van der Waals surface area contributed by atoms with Crippen molar-refractivity contribution in [3.63, 3.8) is 0 Å². The molecule has 3 aliphatic rings. The third-order valence-corrected chi connectivity index (χ3v) is 5.48. The molecular formula is C18H24FN5O2. The number of amides is 3. The van der Waals surface area contributed by atoms with E-state index in [0.29, 0.717) is 17.0 Å². The predicted octanol–water partition coefficient (Wildman–Crippen LogP) is 3.21. The lowest BCUT2D eigenvalue weighted by Crippen LogP contribution is -2.55. The van der Waals surface area contributed by atoms with Crippen molar-refractivity contribution in [3.8, 4) is 0 Å². The molecule has 1 aromatic carbocycles. The van der Waals surface area contributed by atoms with E-state index in [0.717, 1.165) is 30.7 Å². The number of rotatable bonds is 6. The van der Waals surface area contributed by atoms with Crippen molar-refractivity contribution in [1.29, 1.82) is 5.53 Å². The first-order valence-corrected chi connectivity index (χ1v) is 8.84. The number of aryl methyl sites for hydroxylation is 1. The van der Waals surface area contributed by atoms with E-state index in [1.54, 1.807) is 26.0 Å². The number of urea groups is 1. The minimum atomic E-state index is -0.524. The first-order valence-electron chi connectivity index (χ1n) is 8.84. The zero-order chi connectivity index (χ0) is 18.9. The fraction of sp³-hybridized carbons (Fsp3) is 0.556. The molecule has 7 nitrogen and oxygen atoms in total. The Kier molecular flexibility index (Phi) is 4.93. The maximum atomic E-state index is 13.7. The number of nitrogens with zero attached hydrogens (tertiary/aromatic N) is 2. The highest BCUT2D eigenvalue weighted by molar-refractivity contribution is 5.84. The topological polar surface area (TPSA) is 97.7 Å². The standard InChI is InChI=1S/C18H24FN5O2/c1-11-3-4-14(7-15(11)19)12(2)21-16(25)10-24(23-20)17(26)22-18-6-5-13(8-18)9-18/h3-4,7,12-13,20H,5-6,8-10H2,1-2H3,(H,21,25)(H,22,26)/t12-,13?,18?/m0/s1. The average Bonchev–Trinajstić information content (AvgIpc) is 3.15. The van der Waals surface area contributed by atoms with E-state index < -0.39 is 18.0 Å². The summed E-state index contributed by atoms with van der Waals surface area (Å²) in [6.45, 7) is 3.05. The smallest absolute Gasteiger partial charge is 0.340 e. The normalized spacial score (nSPS) is 24.3. The van der Waals surface area contributed by atoms with Crippen LogP contribution in [-0.4, -0.2) is 29.0 Å². The summed E-state index contributed by atoms with van der Waals surface area (Å²) in [6, 6.07) is 3.83. The van der Waals surface area contributed by atoms with Gasteiger partial charge in [-0.2, -0.15) is 10.5 Å². The Morgan fingerprint density at radius 2 is 2.19 bits per heavy atom. The number of benzene rings is 1. The van der Waals surface area contributed by atoms with Gasteiger partial charge in [0, 0.05) is 5.54 Å². The second kappa shape index (κ2) is 7.01. The molecule has 0 aliphatic heterocycles. The van der Waals surface area contributed by atoms with Gasteiger partial charge in [-0.25, -0.2) is 9.18 Å². The molecule has 8 heteroatoms. The van der Waals surface area contributed by atoms with Gasteiger partial charge < -0.3 is 10.6 Å². The molecule has 140 valence electrons. The number of nitrogens with one attached hydrogen (secondary N) is 3. The largest absolute Gasteiger partial charge is 0.348 e. The Morgan fingerprint density at radius 1 is 1.46 bits per heavy atom. The maximum Gasteiger partial charge on any atom is 0.340 e. The number of fused-ring (bicyclic) bond motifs is 1. The van der Waals surface area contributed by atoms with Gasteiger partial charge in [-0.05, 0) is 62.6 Å². The number of carbonyl (C=O) groups is 2. The Hall–Kier alpha value is -2.51. The summed E-state index contributed by atoms with van der Waals surface area (Å²) in [5, 5.41) is 9.62. The van der Waals surface area contributed by atoms with Crippen LogP contribution in [0.4, 0.5) is 9.18 Å². The highest BCUT2D eigenvalue weighted by Crippen LogP contribution is 2.51. The highest BCUT2D eigenvalue weighted by Gasteiger charge is 2.51. The molecule has 4 rings (SSSR count). The van der Waals surface area contributed by atoms with Crippen LogP contribution < -0.4 is 10.6 Å². The van der Waals surface area contributed by atoms with Crippen molar-refractivity contribution in [1.82, 2.24) is 15.6 Å². The molecular weight excluding hydrogens is 337 g/mol. The Bertz CT molecular complexity index is 727. The monoisotopic (exact) mass is 361 g/mol. The van der Waals surface area contributed by atoms with E-state index in [9.17, 15) is 14.0 Å². The van der Waals surface area contributed by atoms with Gasteiger partial charge in [-0.15, -0.1) is 0 Å². The van der Waals surface area contributed by atoms with Gasteiger partial charge in [-0.1, -0.05) is 17.4 Å². The van der Waals surface area contributed by atoms with E-state index in [4.69, 9.17) is 5.53 Å². The van der Waals surface area contributed by atoms with E-state index in [2.05, 4.69) is 15.9 Å². The van der Waals surface area contributed by atoms with Gasteiger partial charge in [0.05, 0.1) is 6.04 Å². The minimum absolute atomic E-state index is 0.173. The molecule has 26 heavy (non-hydrogen) atoms. The molecule has 3 amide bonds. The van der Waals surface area contributed by atoms with Crippen molar-refractivity contribution < 1.29 is 14.0 Å². The third kappa shape index (κ3) is 3.68. The molecule has 3 aliphatic carbocycles. The molecule has 0 heterocycles. The summed E-state index contributed by atoms with van der Waals surface area (Å²) in [5.74, 6) is -0.101. The van der Waals surface area contributed by atoms with Gasteiger partial charge in [0.15, 0.2) is 0 Å². The third-order valence-electron chi connectivity index (χ3n) is 5.48. The fourth-order valence-corrected chi connectivity index (χ4v) is 3.93. The molecule has 3 fully saturated rings. The number of carbonyl (C=O) groups excluding carboxylic acids is 2. The zero-order valence-electron chi connectivity index (χ0n) is 15.0. The molecule has 3 N–H and O–H groups in total. The minimum Gasteiger partial charge on any atom is -0.348 e. The number of hydrogen-bond acceptors (Lipinski definition) is 4. The quantitative estimate of drug-likeness (QED) is 0.536.